The SMILES string of the molecule is COc1cc2c(cc1CNCc1nnc3n1CCC3)OC(C)C2. The van der Waals surface area contributed by atoms with Crippen LogP contribution >= 0.6 is 0 Å². The first kappa shape index (κ1) is 14.5. The molecule has 6 heteroatoms. The van der Waals surface area contributed by atoms with Crippen LogP contribution < -0.4 is 14.8 Å². The van der Waals surface area contributed by atoms with Crippen molar-refractivity contribution in [2.24, 2.45) is 0 Å². The molecule has 122 valence electrons. The molecule has 2 aliphatic rings. The van der Waals surface area contributed by atoms with Crippen LogP contribution in [0.5, 0.6) is 11.5 Å². The average molecular weight is 314 g/mol. The second-order valence-electron chi connectivity index (χ2n) is 6.30. The summed E-state index contributed by atoms with van der Waals surface area (Å²) in [4.78, 5) is 0. The lowest BCUT2D eigenvalue weighted by molar-refractivity contribution is 0.254. The zero-order valence-electron chi connectivity index (χ0n) is 13.6. The molecule has 4 rings (SSSR count). The lowest BCUT2D eigenvalue weighted by Gasteiger charge is -2.12. The smallest absolute Gasteiger partial charge is 0.147 e. The molecule has 0 aliphatic carbocycles. The Hall–Kier alpha value is -2.08. The van der Waals surface area contributed by atoms with E-state index in [0.29, 0.717) is 6.54 Å². The van der Waals surface area contributed by atoms with Crippen molar-refractivity contribution in [1.29, 1.82) is 0 Å². The number of fused-ring (bicyclic) bond motifs is 2. The fourth-order valence-corrected chi connectivity index (χ4v) is 3.46. The molecule has 0 spiro atoms. The van der Waals surface area contributed by atoms with Crippen LogP contribution in [0.3, 0.4) is 0 Å². The Bertz CT molecular complexity index is 726. The highest BCUT2D eigenvalue weighted by Gasteiger charge is 2.22. The predicted molar refractivity (Wildman–Crippen MR) is 85.7 cm³/mol. The maximum atomic E-state index is 5.85. The van der Waals surface area contributed by atoms with E-state index in [4.69, 9.17) is 9.47 Å². The van der Waals surface area contributed by atoms with Crippen molar-refractivity contribution in [1.82, 2.24) is 20.1 Å². The van der Waals surface area contributed by atoms with Crippen molar-refractivity contribution in [2.45, 2.75) is 51.9 Å². The molecule has 3 heterocycles. The van der Waals surface area contributed by atoms with Gasteiger partial charge in [-0.25, -0.2) is 0 Å². The summed E-state index contributed by atoms with van der Waals surface area (Å²) in [6.07, 6.45) is 3.41. The van der Waals surface area contributed by atoms with Crippen molar-refractivity contribution < 1.29 is 9.47 Å². The Morgan fingerprint density at radius 3 is 3.13 bits per heavy atom. The number of aromatic nitrogens is 3. The monoisotopic (exact) mass is 314 g/mol. The first-order chi connectivity index (χ1) is 11.2. The van der Waals surface area contributed by atoms with Gasteiger partial charge in [-0.1, -0.05) is 0 Å². The zero-order chi connectivity index (χ0) is 15.8. The fourth-order valence-electron chi connectivity index (χ4n) is 3.46. The van der Waals surface area contributed by atoms with E-state index in [0.717, 1.165) is 54.6 Å². The van der Waals surface area contributed by atoms with Gasteiger partial charge >= 0.3 is 0 Å². The van der Waals surface area contributed by atoms with E-state index < -0.39 is 0 Å². The standard InChI is InChI=1S/C17H22N4O2/c1-11-6-12-7-14(22-2)13(8-15(12)23-11)9-18-10-17-20-19-16-4-3-5-21(16)17/h7-8,11,18H,3-6,9-10H2,1-2H3. The molecule has 0 radical (unpaired) electrons. The summed E-state index contributed by atoms with van der Waals surface area (Å²) in [7, 11) is 1.72. The Kier molecular flexibility index (Phi) is 3.69. The van der Waals surface area contributed by atoms with Gasteiger partial charge in [-0.2, -0.15) is 0 Å². The van der Waals surface area contributed by atoms with E-state index >= 15 is 0 Å². The molecule has 6 nitrogen and oxygen atoms in total. The lowest BCUT2D eigenvalue weighted by atomic mass is 10.1. The number of hydrogen-bond donors (Lipinski definition) is 1. The number of rotatable bonds is 5. The first-order valence-corrected chi connectivity index (χ1v) is 8.22. The van der Waals surface area contributed by atoms with Gasteiger partial charge in [0.2, 0.25) is 0 Å². The maximum absolute atomic E-state index is 5.85. The number of benzene rings is 1. The number of nitrogens with one attached hydrogen (secondary N) is 1. The topological polar surface area (TPSA) is 61.2 Å². The van der Waals surface area contributed by atoms with Crippen LogP contribution in [0.15, 0.2) is 12.1 Å². The number of aryl methyl sites for hydroxylation is 1. The number of nitrogens with zero attached hydrogens (tertiary/aromatic N) is 3. The number of methoxy groups -OCH3 is 1. The van der Waals surface area contributed by atoms with Gasteiger partial charge in [0.1, 0.15) is 29.3 Å². The lowest BCUT2D eigenvalue weighted by Crippen LogP contribution is -2.17. The molecule has 23 heavy (non-hydrogen) atoms. The predicted octanol–water partition coefficient (Wildman–Crippen LogP) is 1.85. The molecule has 2 aromatic rings. The van der Waals surface area contributed by atoms with Gasteiger partial charge in [0, 0.05) is 37.1 Å². The minimum atomic E-state index is 0.247. The summed E-state index contributed by atoms with van der Waals surface area (Å²) in [5, 5.41) is 12.0. The maximum Gasteiger partial charge on any atom is 0.147 e. The van der Waals surface area contributed by atoms with E-state index in [1.165, 1.54) is 12.0 Å². The number of hydrogen-bond acceptors (Lipinski definition) is 5. The molecule has 1 aromatic carbocycles. The van der Waals surface area contributed by atoms with Gasteiger partial charge in [-0.15, -0.1) is 10.2 Å². The van der Waals surface area contributed by atoms with Crippen LogP contribution in [0.25, 0.3) is 0 Å². The minimum absolute atomic E-state index is 0.247. The van der Waals surface area contributed by atoms with Crippen LogP contribution in [0.4, 0.5) is 0 Å². The van der Waals surface area contributed by atoms with Crippen LogP contribution in [0, 0.1) is 0 Å². The molecule has 1 atom stereocenters. The molecular weight excluding hydrogens is 292 g/mol. The Morgan fingerprint density at radius 2 is 2.26 bits per heavy atom. The van der Waals surface area contributed by atoms with Crippen LogP contribution in [0.2, 0.25) is 0 Å². The molecule has 1 unspecified atom stereocenters. The van der Waals surface area contributed by atoms with E-state index in [1.807, 2.05) is 0 Å². The number of ether oxygens (including phenoxy) is 2. The molecule has 1 aromatic heterocycles. The quantitative estimate of drug-likeness (QED) is 0.912. The van der Waals surface area contributed by atoms with Gasteiger partial charge < -0.3 is 19.4 Å². The van der Waals surface area contributed by atoms with Crippen molar-refractivity contribution in [3.63, 3.8) is 0 Å². The molecular formula is C17H22N4O2. The Morgan fingerprint density at radius 1 is 1.35 bits per heavy atom. The highest BCUT2D eigenvalue weighted by atomic mass is 16.5. The minimum Gasteiger partial charge on any atom is -0.496 e. The second-order valence-corrected chi connectivity index (χ2v) is 6.30. The highest BCUT2D eigenvalue weighted by Crippen LogP contribution is 2.34. The Labute approximate surface area is 135 Å². The Balaban J connectivity index is 1.45. The third-order valence-electron chi connectivity index (χ3n) is 4.58. The molecule has 0 bridgehead atoms. The normalized spacial score (nSPS) is 18.6. The summed E-state index contributed by atoms with van der Waals surface area (Å²) in [6, 6.07) is 4.20. The van der Waals surface area contributed by atoms with Gasteiger partial charge in [0.25, 0.3) is 0 Å². The molecule has 0 amide bonds. The summed E-state index contributed by atoms with van der Waals surface area (Å²) in [6.45, 7) is 4.56. The van der Waals surface area contributed by atoms with Crippen molar-refractivity contribution >= 4 is 0 Å². The van der Waals surface area contributed by atoms with Gasteiger partial charge in [0.15, 0.2) is 0 Å². The van der Waals surface area contributed by atoms with Crippen molar-refractivity contribution in [2.75, 3.05) is 7.11 Å². The molecule has 1 N–H and O–H groups in total. The third kappa shape index (κ3) is 2.67. The van der Waals surface area contributed by atoms with Gasteiger partial charge in [-0.3, -0.25) is 0 Å². The zero-order valence-corrected chi connectivity index (χ0v) is 13.6. The van der Waals surface area contributed by atoms with E-state index in [-0.39, 0.29) is 6.10 Å². The highest BCUT2D eigenvalue weighted by molar-refractivity contribution is 5.48. The molecule has 0 fully saturated rings. The van der Waals surface area contributed by atoms with Gasteiger partial charge in [-0.05, 0) is 25.5 Å². The van der Waals surface area contributed by atoms with E-state index in [9.17, 15) is 0 Å². The van der Waals surface area contributed by atoms with Gasteiger partial charge in [0.05, 0.1) is 13.7 Å². The second kappa shape index (κ2) is 5.85. The first-order valence-electron chi connectivity index (χ1n) is 8.22. The van der Waals surface area contributed by atoms with Crippen LogP contribution in [-0.4, -0.2) is 28.0 Å². The van der Waals surface area contributed by atoms with Crippen molar-refractivity contribution in [3.8, 4) is 11.5 Å². The average Bonchev–Trinajstić information content (AvgIpc) is 3.21. The van der Waals surface area contributed by atoms with Crippen LogP contribution in [0.1, 0.15) is 36.1 Å². The summed E-state index contributed by atoms with van der Waals surface area (Å²) < 4.78 is 13.6. The van der Waals surface area contributed by atoms with E-state index in [1.54, 1.807) is 7.11 Å². The molecule has 2 aliphatic heterocycles. The fraction of sp³-hybridized carbons (Fsp3) is 0.529. The largest absolute Gasteiger partial charge is 0.496 e. The van der Waals surface area contributed by atoms with Crippen LogP contribution in [-0.2, 0) is 32.5 Å². The molecule has 0 saturated heterocycles. The summed E-state index contributed by atoms with van der Waals surface area (Å²) in [5.41, 5.74) is 2.34. The molecule has 0 saturated carbocycles. The van der Waals surface area contributed by atoms with Crippen molar-refractivity contribution in [3.05, 3.63) is 34.9 Å². The summed E-state index contributed by atoms with van der Waals surface area (Å²) in [5.74, 6) is 4.03. The summed E-state index contributed by atoms with van der Waals surface area (Å²) >= 11 is 0. The van der Waals surface area contributed by atoms with E-state index in [2.05, 4.69) is 39.1 Å². The third-order valence-corrected chi connectivity index (χ3v) is 4.58.